The Balaban J connectivity index is 2.60. The lowest BCUT2D eigenvalue weighted by atomic mass is 9.95. The molecule has 1 N–H and O–H groups in total. The number of hydrogen-bond acceptors (Lipinski definition) is 2. The molecule has 2 rings (SSSR count). The highest BCUT2D eigenvalue weighted by molar-refractivity contribution is 9.10. The summed E-state index contributed by atoms with van der Waals surface area (Å²) in [5.41, 5.74) is 2.69. The van der Waals surface area contributed by atoms with Crippen LogP contribution in [-0.2, 0) is 0 Å². The first-order valence-electron chi connectivity index (χ1n) is 6.15. The molecule has 2 nitrogen and oxygen atoms in total. The molecule has 0 amide bonds. The molecule has 0 bridgehead atoms. The summed E-state index contributed by atoms with van der Waals surface area (Å²) in [6.07, 6.45) is 0. The molecule has 0 aliphatic carbocycles. The van der Waals surface area contributed by atoms with Crippen LogP contribution in [0.4, 0.5) is 4.39 Å². The zero-order valence-corrected chi connectivity index (χ0v) is 13.1. The Morgan fingerprint density at radius 2 is 1.89 bits per heavy atom. The van der Waals surface area contributed by atoms with Crippen LogP contribution in [-0.4, -0.2) is 7.05 Å². The molecule has 0 aliphatic heterocycles. The lowest BCUT2D eigenvalue weighted by Crippen LogP contribution is -2.20. The van der Waals surface area contributed by atoms with Gasteiger partial charge in [-0.05, 0) is 55.4 Å². The van der Waals surface area contributed by atoms with Crippen molar-refractivity contribution >= 4 is 15.9 Å². The Hall–Kier alpha value is -1.13. The smallest absolute Gasteiger partial charge is 0.142 e. The molecule has 0 radical (unpaired) electrons. The molecule has 1 heterocycles. The van der Waals surface area contributed by atoms with Crippen molar-refractivity contribution in [1.29, 1.82) is 0 Å². The molecule has 4 heteroatoms. The predicted octanol–water partition coefficient (Wildman–Crippen LogP) is 4.42. The van der Waals surface area contributed by atoms with Crippen LogP contribution < -0.4 is 5.32 Å². The average Bonchev–Trinajstić information content (AvgIpc) is 2.62. The van der Waals surface area contributed by atoms with Crippen LogP contribution in [0, 0.1) is 26.6 Å². The zero-order valence-electron chi connectivity index (χ0n) is 11.5. The summed E-state index contributed by atoms with van der Waals surface area (Å²) in [6, 6.07) is 5.12. The lowest BCUT2D eigenvalue weighted by molar-refractivity contribution is 0.493. The third-order valence-electron chi connectivity index (χ3n) is 3.49. The third kappa shape index (κ3) is 2.47. The van der Waals surface area contributed by atoms with E-state index in [4.69, 9.17) is 4.42 Å². The summed E-state index contributed by atoms with van der Waals surface area (Å²) in [6.45, 7) is 5.84. The average molecular weight is 326 g/mol. The van der Waals surface area contributed by atoms with E-state index in [-0.39, 0.29) is 11.9 Å². The fourth-order valence-electron chi connectivity index (χ4n) is 2.43. The highest BCUT2D eigenvalue weighted by Crippen LogP contribution is 2.33. The predicted molar refractivity (Wildman–Crippen MR) is 77.9 cm³/mol. The maximum absolute atomic E-state index is 14.3. The molecule has 0 fully saturated rings. The Morgan fingerprint density at radius 3 is 2.42 bits per heavy atom. The van der Waals surface area contributed by atoms with Crippen molar-refractivity contribution in [2.24, 2.45) is 0 Å². The molecule has 0 spiro atoms. The van der Waals surface area contributed by atoms with E-state index in [1.807, 2.05) is 33.9 Å². The summed E-state index contributed by atoms with van der Waals surface area (Å²) in [7, 11) is 1.83. The summed E-state index contributed by atoms with van der Waals surface area (Å²) < 4.78 is 20.4. The second kappa shape index (κ2) is 5.47. The van der Waals surface area contributed by atoms with Gasteiger partial charge in [-0.2, -0.15) is 0 Å². The summed E-state index contributed by atoms with van der Waals surface area (Å²) >= 11 is 3.23. The minimum absolute atomic E-state index is 0.213. The monoisotopic (exact) mass is 325 g/mol. The van der Waals surface area contributed by atoms with Gasteiger partial charge in [0.25, 0.3) is 0 Å². The van der Waals surface area contributed by atoms with Crippen molar-refractivity contribution in [3.05, 3.63) is 56.7 Å². The van der Waals surface area contributed by atoms with E-state index in [9.17, 15) is 4.39 Å². The van der Waals surface area contributed by atoms with Gasteiger partial charge in [0.1, 0.15) is 17.3 Å². The SMILES string of the molecule is CNC(c1cccc(Br)c1F)c1c(C)oc(C)c1C. The Labute approximate surface area is 121 Å². The van der Waals surface area contributed by atoms with Crippen molar-refractivity contribution in [1.82, 2.24) is 5.32 Å². The van der Waals surface area contributed by atoms with E-state index >= 15 is 0 Å². The maximum atomic E-state index is 14.3. The van der Waals surface area contributed by atoms with Crippen molar-refractivity contribution in [2.75, 3.05) is 7.05 Å². The van der Waals surface area contributed by atoms with Gasteiger partial charge in [-0.3, -0.25) is 0 Å². The van der Waals surface area contributed by atoms with Gasteiger partial charge in [0.05, 0.1) is 10.5 Å². The van der Waals surface area contributed by atoms with Crippen LogP contribution in [0.3, 0.4) is 0 Å². The van der Waals surface area contributed by atoms with Crippen LogP contribution in [0.25, 0.3) is 0 Å². The van der Waals surface area contributed by atoms with Crippen LogP contribution in [0.2, 0.25) is 0 Å². The quantitative estimate of drug-likeness (QED) is 0.903. The number of halogens is 2. The molecule has 1 aromatic heterocycles. The largest absolute Gasteiger partial charge is 0.466 e. The van der Waals surface area contributed by atoms with E-state index in [2.05, 4.69) is 21.2 Å². The number of nitrogens with one attached hydrogen (secondary N) is 1. The van der Waals surface area contributed by atoms with Crippen molar-refractivity contribution < 1.29 is 8.81 Å². The topological polar surface area (TPSA) is 25.2 Å². The van der Waals surface area contributed by atoms with Crippen LogP contribution in [0.5, 0.6) is 0 Å². The van der Waals surface area contributed by atoms with Gasteiger partial charge in [0.2, 0.25) is 0 Å². The number of aryl methyl sites for hydroxylation is 2. The normalized spacial score (nSPS) is 12.7. The minimum atomic E-state index is -0.237. The molecular weight excluding hydrogens is 309 g/mol. The van der Waals surface area contributed by atoms with Crippen molar-refractivity contribution in [2.45, 2.75) is 26.8 Å². The van der Waals surface area contributed by atoms with Gasteiger partial charge < -0.3 is 9.73 Å². The zero-order chi connectivity index (χ0) is 14.2. The highest BCUT2D eigenvalue weighted by Gasteiger charge is 2.24. The fraction of sp³-hybridized carbons (Fsp3) is 0.333. The van der Waals surface area contributed by atoms with E-state index < -0.39 is 0 Å². The molecule has 0 saturated carbocycles. The maximum Gasteiger partial charge on any atom is 0.142 e. The number of rotatable bonds is 3. The lowest BCUT2D eigenvalue weighted by Gasteiger charge is -2.18. The van der Waals surface area contributed by atoms with Crippen LogP contribution >= 0.6 is 15.9 Å². The van der Waals surface area contributed by atoms with Gasteiger partial charge in [0, 0.05) is 11.1 Å². The minimum Gasteiger partial charge on any atom is -0.466 e. The number of benzene rings is 1. The first kappa shape index (κ1) is 14.3. The van der Waals surface area contributed by atoms with E-state index in [1.54, 1.807) is 12.1 Å². The van der Waals surface area contributed by atoms with E-state index in [0.29, 0.717) is 10.0 Å². The Bertz CT molecular complexity index is 606. The summed E-state index contributed by atoms with van der Waals surface area (Å²) in [5.74, 6) is 1.47. The van der Waals surface area contributed by atoms with Crippen LogP contribution in [0.1, 0.15) is 34.3 Å². The third-order valence-corrected chi connectivity index (χ3v) is 4.10. The second-order valence-corrected chi connectivity index (χ2v) is 5.47. The first-order chi connectivity index (χ1) is 8.97. The Kier molecular flexibility index (Phi) is 4.11. The van der Waals surface area contributed by atoms with Gasteiger partial charge >= 0.3 is 0 Å². The van der Waals surface area contributed by atoms with Crippen LogP contribution in [0.15, 0.2) is 27.1 Å². The molecule has 0 aliphatic rings. The molecule has 1 atom stereocenters. The fourth-order valence-corrected chi connectivity index (χ4v) is 2.81. The molecule has 1 unspecified atom stereocenters. The first-order valence-corrected chi connectivity index (χ1v) is 6.94. The number of furan rings is 1. The molecule has 102 valence electrons. The molecule has 2 aromatic rings. The molecule has 0 saturated heterocycles. The van der Waals surface area contributed by atoms with Gasteiger partial charge in [0.15, 0.2) is 0 Å². The molecule has 1 aromatic carbocycles. The Morgan fingerprint density at radius 1 is 1.21 bits per heavy atom. The van der Waals surface area contributed by atoms with Crippen molar-refractivity contribution in [3.8, 4) is 0 Å². The van der Waals surface area contributed by atoms with Gasteiger partial charge in [-0.1, -0.05) is 12.1 Å². The van der Waals surface area contributed by atoms with Gasteiger partial charge in [-0.25, -0.2) is 4.39 Å². The number of hydrogen-bond donors (Lipinski definition) is 1. The summed E-state index contributed by atoms with van der Waals surface area (Å²) in [4.78, 5) is 0. The van der Waals surface area contributed by atoms with E-state index in [0.717, 1.165) is 22.6 Å². The summed E-state index contributed by atoms with van der Waals surface area (Å²) in [5, 5.41) is 3.18. The second-order valence-electron chi connectivity index (χ2n) is 4.62. The molecule has 19 heavy (non-hydrogen) atoms. The molecular formula is C15H17BrFNO. The van der Waals surface area contributed by atoms with E-state index in [1.165, 1.54) is 0 Å². The van der Waals surface area contributed by atoms with Gasteiger partial charge in [-0.15, -0.1) is 0 Å². The highest BCUT2D eigenvalue weighted by atomic mass is 79.9. The van der Waals surface area contributed by atoms with Crippen molar-refractivity contribution in [3.63, 3.8) is 0 Å². The standard InChI is InChI=1S/C15H17BrFNO/c1-8-9(2)19-10(3)13(8)15(18-4)11-6-5-7-12(16)14(11)17/h5-7,15,18H,1-4H3.